The Morgan fingerprint density at radius 2 is 1.18 bits per heavy atom. The first-order valence-corrected chi connectivity index (χ1v) is 5.71. The SMILES string of the molecule is Fc1cccc(Cc2cccc(F)c2Cl)c1Cl. The Bertz CT molecular complexity index is 504. The van der Waals surface area contributed by atoms with Crippen LogP contribution >= 0.6 is 23.2 Å². The molecule has 2 aromatic rings. The molecule has 0 saturated heterocycles. The van der Waals surface area contributed by atoms with Crippen molar-refractivity contribution in [2.75, 3.05) is 0 Å². The maximum Gasteiger partial charge on any atom is 0.142 e. The van der Waals surface area contributed by atoms with Gasteiger partial charge in [0.15, 0.2) is 0 Å². The molecule has 4 heteroatoms. The maximum atomic E-state index is 13.2. The van der Waals surface area contributed by atoms with Crippen molar-refractivity contribution in [2.45, 2.75) is 6.42 Å². The highest BCUT2D eigenvalue weighted by Gasteiger charge is 2.10. The van der Waals surface area contributed by atoms with Crippen LogP contribution in [0.15, 0.2) is 36.4 Å². The Morgan fingerprint density at radius 1 is 0.765 bits per heavy atom. The Balaban J connectivity index is 2.38. The molecule has 0 unspecified atom stereocenters. The predicted molar refractivity (Wildman–Crippen MR) is 65.6 cm³/mol. The molecule has 0 heterocycles. The zero-order chi connectivity index (χ0) is 12.4. The lowest BCUT2D eigenvalue weighted by atomic mass is 10.0. The van der Waals surface area contributed by atoms with Gasteiger partial charge >= 0.3 is 0 Å². The minimum Gasteiger partial charge on any atom is -0.205 e. The second-order valence-corrected chi connectivity index (χ2v) is 4.36. The standard InChI is InChI=1S/C13H8Cl2F2/c14-12-8(3-1-5-10(12)16)7-9-4-2-6-11(17)13(9)15/h1-6H,7H2. The molecule has 0 aliphatic rings. The number of hydrogen-bond acceptors (Lipinski definition) is 0. The predicted octanol–water partition coefficient (Wildman–Crippen LogP) is 4.86. The normalized spacial score (nSPS) is 10.6. The Kier molecular flexibility index (Phi) is 3.65. The maximum absolute atomic E-state index is 13.2. The lowest BCUT2D eigenvalue weighted by molar-refractivity contribution is 0.624. The van der Waals surface area contributed by atoms with Crippen molar-refractivity contribution in [2.24, 2.45) is 0 Å². The third kappa shape index (κ3) is 2.59. The smallest absolute Gasteiger partial charge is 0.142 e. The fourth-order valence-electron chi connectivity index (χ4n) is 1.58. The van der Waals surface area contributed by atoms with E-state index in [1.807, 2.05) is 0 Å². The fourth-order valence-corrected chi connectivity index (χ4v) is 1.96. The quantitative estimate of drug-likeness (QED) is 0.732. The third-order valence-electron chi connectivity index (χ3n) is 2.44. The van der Waals surface area contributed by atoms with Crippen LogP contribution in [0.2, 0.25) is 10.0 Å². The van der Waals surface area contributed by atoms with E-state index < -0.39 is 11.6 Å². The summed E-state index contributed by atoms with van der Waals surface area (Å²) in [6, 6.07) is 9.05. The van der Waals surface area contributed by atoms with Gasteiger partial charge in [0, 0.05) is 6.42 Å². The highest BCUT2D eigenvalue weighted by molar-refractivity contribution is 6.32. The van der Waals surface area contributed by atoms with Crippen molar-refractivity contribution >= 4 is 23.2 Å². The van der Waals surface area contributed by atoms with Crippen LogP contribution in [0.5, 0.6) is 0 Å². The molecule has 0 N–H and O–H groups in total. The average molecular weight is 273 g/mol. The molecule has 0 fully saturated rings. The number of benzene rings is 2. The van der Waals surface area contributed by atoms with Crippen LogP contribution < -0.4 is 0 Å². The van der Waals surface area contributed by atoms with Gasteiger partial charge in [-0.25, -0.2) is 8.78 Å². The van der Waals surface area contributed by atoms with E-state index in [-0.39, 0.29) is 10.0 Å². The van der Waals surface area contributed by atoms with Gasteiger partial charge in [0.2, 0.25) is 0 Å². The molecule has 0 bridgehead atoms. The largest absolute Gasteiger partial charge is 0.205 e. The molecule has 0 aromatic heterocycles. The third-order valence-corrected chi connectivity index (χ3v) is 3.29. The Labute approximate surface area is 108 Å². The Morgan fingerprint density at radius 3 is 1.59 bits per heavy atom. The van der Waals surface area contributed by atoms with Gasteiger partial charge in [-0.15, -0.1) is 0 Å². The minimum absolute atomic E-state index is 0.0489. The molecule has 0 radical (unpaired) electrons. The van der Waals surface area contributed by atoms with Crippen molar-refractivity contribution in [3.05, 3.63) is 69.2 Å². The molecule has 2 rings (SSSR count). The highest BCUT2D eigenvalue weighted by atomic mass is 35.5. The summed E-state index contributed by atoms with van der Waals surface area (Å²) >= 11 is 11.6. The van der Waals surface area contributed by atoms with E-state index in [1.165, 1.54) is 12.1 Å². The van der Waals surface area contributed by atoms with Crippen molar-refractivity contribution < 1.29 is 8.78 Å². The molecule has 2 aromatic carbocycles. The van der Waals surface area contributed by atoms with Gasteiger partial charge < -0.3 is 0 Å². The molecule has 0 aliphatic carbocycles. The second-order valence-electron chi connectivity index (χ2n) is 3.60. The van der Waals surface area contributed by atoms with Gasteiger partial charge in [0.05, 0.1) is 10.0 Å². The summed E-state index contributed by atoms with van der Waals surface area (Å²) in [5, 5.41) is 0.0978. The summed E-state index contributed by atoms with van der Waals surface area (Å²) in [6.45, 7) is 0. The summed E-state index contributed by atoms with van der Waals surface area (Å²) in [6.07, 6.45) is 0.299. The van der Waals surface area contributed by atoms with Crippen LogP contribution in [-0.2, 0) is 6.42 Å². The van der Waals surface area contributed by atoms with E-state index in [0.29, 0.717) is 17.5 Å². The van der Waals surface area contributed by atoms with Crippen molar-refractivity contribution in [3.8, 4) is 0 Å². The van der Waals surface area contributed by atoms with E-state index in [4.69, 9.17) is 23.2 Å². The minimum atomic E-state index is -0.489. The van der Waals surface area contributed by atoms with Crippen LogP contribution in [0.4, 0.5) is 8.78 Å². The van der Waals surface area contributed by atoms with Crippen molar-refractivity contribution in [3.63, 3.8) is 0 Å². The monoisotopic (exact) mass is 272 g/mol. The molecule has 0 nitrogen and oxygen atoms in total. The zero-order valence-corrected chi connectivity index (χ0v) is 10.2. The first kappa shape index (κ1) is 12.3. The van der Waals surface area contributed by atoms with E-state index >= 15 is 0 Å². The van der Waals surface area contributed by atoms with Crippen LogP contribution in [0, 0.1) is 11.6 Å². The summed E-state index contributed by atoms with van der Waals surface area (Å²) in [5.74, 6) is -0.978. The van der Waals surface area contributed by atoms with Gasteiger partial charge in [-0.05, 0) is 23.3 Å². The Hall–Kier alpha value is -1.12. The molecule has 0 saturated carbocycles. The molecule has 17 heavy (non-hydrogen) atoms. The van der Waals surface area contributed by atoms with Crippen molar-refractivity contribution in [1.29, 1.82) is 0 Å². The van der Waals surface area contributed by atoms with Gasteiger partial charge in [-0.2, -0.15) is 0 Å². The summed E-state index contributed by atoms with van der Waals surface area (Å²) in [4.78, 5) is 0. The number of hydrogen-bond donors (Lipinski definition) is 0. The molecule has 0 aliphatic heterocycles. The second kappa shape index (κ2) is 5.03. The summed E-state index contributed by atoms with van der Waals surface area (Å²) in [7, 11) is 0. The first-order valence-electron chi connectivity index (χ1n) is 4.95. The lowest BCUT2D eigenvalue weighted by Crippen LogP contribution is -1.94. The van der Waals surface area contributed by atoms with Crippen LogP contribution in [0.25, 0.3) is 0 Å². The van der Waals surface area contributed by atoms with E-state index in [0.717, 1.165) is 0 Å². The van der Waals surface area contributed by atoms with E-state index in [9.17, 15) is 8.78 Å². The van der Waals surface area contributed by atoms with Crippen molar-refractivity contribution in [1.82, 2.24) is 0 Å². The van der Waals surface area contributed by atoms with Crippen LogP contribution in [0.3, 0.4) is 0 Å². The summed E-state index contributed by atoms with van der Waals surface area (Å²) in [5.41, 5.74) is 1.17. The lowest BCUT2D eigenvalue weighted by Gasteiger charge is -2.07. The summed E-state index contributed by atoms with van der Waals surface area (Å²) < 4.78 is 26.4. The zero-order valence-electron chi connectivity index (χ0n) is 8.68. The molecule has 0 amide bonds. The molecular formula is C13H8Cl2F2. The van der Waals surface area contributed by atoms with Gasteiger partial charge in [-0.1, -0.05) is 47.5 Å². The van der Waals surface area contributed by atoms with Gasteiger partial charge in [0.25, 0.3) is 0 Å². The van der Waals surface area contributed by atoms with Gasteiger partial charge in [0.1, 0.15) is 11.6 Å². The average Bonchev–Trinajstić information content (AvgIpc) is 2.31. The molecule has 88 valence electrons. The molecule has 0 atom stereocenters. The topological polar surface area (TPSA) is 0 Å². The van der Waals surface area contributed by atoms with E-state index in [1.54, 1.807) is 24.3 Å². The van der Waals surface area contributed by atoms with Gasteiger partial charge in [-0.3, -0.25) is 0 Å². The molecule has 0 spiro atoms. The fraction of sp³-hybridized carbons (Fsp3) is 0.0769. The van der Waals surface area contributed by atoms with Crippen LogP contribution in [0.1, 0.15) is 11.1 Å². The molecular weight excluding hydrogens is 265 g/mol. The van der Waals surface area contributed by atoms with Crippen LogP contribution in [-0.4, -0.2) is 0 Å². The van der Waals surface area contributed by atoms with E-state index in [2.05, 4.69) is 0 Å². The number of rotatable bonds is 2. The first-order chi connectivity index (χ1) is 8.09. The highest BCUT2D eigenvalue weighted by Crippen LogP contribution is 2.26. The number of halogens is 4.